The quantitative estimate of drug-likeness (QED) is 0.454. The second kappa shape index (κ2) is 9.04. The molecule has 0 heterocycles. The van der Waals surface area contributed by atoms with Crippen LogP contribution in [0.15, 0.2) is 54.6 Å². The Bertz CT molecular complexity index is 1080. The van der Waals surface area contributed by atoms with Gasteiger partial charge in [0.25, 0.3) is 5.91 Å². The van der Waals surface area contributed by atoms with Crippen LogP contribution in [0.1, 0.15) is 30.1 Å². The van der Waals surface area contributed by atoms with Crippen molar-refractivity contribution in [3.8, 4) is 0 Å². The van der Waals surface area contributed by atoms with Gasteiger partial charge in [-0.3, -0.25) is 9.59 Å². The molecule has 3 aromatic carbocycles. The number of halogens is 3. The first kappa shape index (κ1) is 21.4. The number of benzene rings is 3. The number of fused-ring (bicyclic) bond motifs is 1. The fourth-order valence-electron chi connectivity index (χ4n) is 3.26. The second-order valence-electron chi connectivity index (χ2n) is 6.69. The summed E-state index contributed by atoms with van der Waals surface area (Å²) in [7, 11) is 0. The number of carboxylic acid groups (broad SMARTS) is 1. The van der Waals surface area contributed by atoms with E-state index in [1.807, 2.05) is 31.2 Å². The van der Waals surface area contributed by atoms with Crippen molar-refractivity contribution in [1.29, 1.82) is 0 Å². The van der Waals surface area contributed by atoms with E-state index in [-0.39, 0.29) is 29.3 Å². The SMILES string of the molecule is CC(CCC(=O)O)N(C(=O)c1ccc(Cl)cc1Cl)c1ccc(Cl)c2ccccc12. The molecule has 0 saturated carbocycles. The lowest BCUT2D eigenvalue weighted by Crippen LogP contribution is -2.39. The van der Waals surface area contributed by atoms with Crippen LogP contribution >= 0.6 is 34.8 Å². The average Bonchev–Trinajstić information content (AvgIpc) is 2.68. The highest BCUT2D eigenvalue weighted by atomic mass is 35.5. The van der Waals surface area contributed by atoms with E-state index < -0.39 is 12.0 Å². The molecule has 0 aromatic heterocycles. The van der Waals surface area contributed by atoms with Crippen molar-refractivity contribution >= 4 is 63.1 Å². The Kier molecular flexibility index (Phi) is 6.68. The maximum absolute atomic E-state index is 13.5. The molecule has 0 spiro atoms. The molecule has 3 rings (SSSR count). The van der Waals surface area contributed by atoms with Crippen LogP contribution in [-0.4, -0.2) is 23.0 Å². The molecule has 0 saturated heterocycles. The van der Waals surface area contributed by atoms with Crippen LogP contribution in [-0.2, 0) is 4.79 Å². The normalized spacial score (nSPS) is 12.0. The number of anilines is 1. The molecule has 0 aliphatic rings. The van der Waals surface area contributed by atoms with Crippen LogP contribution in [0.3, 0.4) is 0 Å². The molecule has 7 heteroatoms. The molecule has 1 atom stereocenters. The number of carboxylic acids is 1. The zero-order valence-electron chi connectivity index (χ0n) is 15.5. The van der Waals surface area contributed by atoms with Gasteiger partial charge in [-0.2, -0.15) is 0 Å². The Morgan fingerprint density at radius 2 is 1.66 bits per heavy atom. The number of hydrogen-bond acceptors (Lipinski definition) is 2. The van der Waals surface area contributed by atoms with Crippen molar-refractivity contribution < 1.29 is 14.7 Å². The van der Waals surface area contributed by atoms with Gasteiger partial charge in [-0.15, -0.1) is 0 Å². The third kappa shape index (κ3) is 4.67. The van der Waals surface area contributed by atoms with Crippen molar-refractivity contribution in [3.05, 3.63) is 75.2 Å². The predicted molar refractivity (Wildman–Crippen MR) is 119 cm³/mol. The maximum Gasteiger partial charge on any atom is 0.303 e. The van der Waals surface area contributed by atoms with Crippen molar-refractivity contribution in [2.24, 2.45) is 0 Å². The van der Waals surface area contributed by atoms with E-state index in [0.29, 0.717) is 15.7 Å². The highest BCUT2D eigenvalue weighted by molar-refractivity contribution is 6.38. The fraction of sp³-hybridized carbons (Fsp3) is 0.182. The molecule has 4 nitrogen and oxygen atoms in total. The summed E-state index contributed by atoms with van der Waals surface area (Å²) in [6.07, 6.45) is 0.216. The lowest BCUT2D eigenvalue weighted by atomic mass is 10.0. The van der Waals surface area contributed by atoms with Gasteiger partial charge < -0.3 is 10.0 Å². The number of carbonyl (C=O) groups is 2. The molecular weight excluding hydrogens is 433 g/mol. The zero-order valence-corrected chi connectivity index (χ0v) is 17.8. The van der Waals surface area contributed by atoms with Crippen LogP contribution in [0.25, 0.3) is 10.8 Å². The number of rotatable bonds is 6. The number of hydrogen-bond donors (Lipinski definition) is 1. The van der Waals surface area contributed by atoms with Crippen LogP contribution in [0, 0.1) is 0 Å². The molecule has 3 aromatic rings. The second-order valence-corrected chi connectivity index (χ2v) is 7.94. The average molecular weight is 451 g/mol. The van der Waals surface area contributed by atoms with Crippen LogP contribution in [0.5, 0.6) is 0 Å². The van der Waals surface area contributed by atoms with Crippen LogP contribution in [0.4, 0.5) is 5.69 Å². The standard InChI is InChI=1S/C22H18Cl3NO3/c1-13(6-11-21(27)28)26(22(29)17-8-7-14(23)12-19(17)25)20-10-9-18(24)15-4-2-3-5-16(15)20/h2-5,7-10,12-13H,6,11H2,1H3,(H,27,28). The summed E-state index contributed by atoms with van der Waals surface area (Å²) in [4.78, 5) is 26.2. The molecule has 29 heavy (non-hydrogen) atoms. The van der Waals surface area contributed by atoms with Crippen molar-refractivity contribution in [3.63, 3.8) is 0 Å². The van der Waals surface area contributed by atoms with Gasteiger partial charge in [-0.25, -0.2) is 0 Å². The summed E-state index contributed by atoms with van der Waals surface area (Å²) in [6, 6.07) is 15.3. The van der Waals surface area contributed by atoms with Crippen molar-refractivity contribution in [1.82, 2.24) is 0 Å². The molecule has 0 aliphatic carbocycles. The predicted octanol–water partition coefficient (Wildman–Crippen LogP) is 6.70. The van der Waals surface area contributed by atoms with Gasteiger partial charge in [-0.1, -0.05) is 59.1 Å². The largest absolute Gasteiger partial charge is 0.481 e. The van der Waals surface area contributed by atoms with E-state index in [4.69, 9.17) is 39.9 Å². The number of nitrogens with zero attached hydrogens (tertiary/aromatic N) is 1. The molecule has 0 radical (unpaired) electrons. The zero-order chi connectivity index (χ0) is 21.1. The summed E-state index contributed by atoms with van der Waals surface area (Å²) < 4.78 is 0. The van der Waals surface area contributed by atoms with E-state index in [2.05, 4.69) is 0 Å². The Morgan fingerprint density at radius 1 is 0.966 bits per heavy atom. The van der Waals surface area contributed by atoms with E-state index in [9.17, 15) is 9.59 Å². The first-order valence-corrected chi connectivity index (χ1v) is 10.1. The summed E-state index contributed by atoms with van der Waals surface area (Å²) >= 11 is 18.6. The van der Waals surface area contributed by atoms with Crippen LogP contribution < -0.4 is 4.90 Å². The molecule has 1 N–H and O–H groups in total. The lowest BCUT2D eigenvalue weighted by molar-refractivity contribution is -0.137. The van der Waals surface area contributed by atoms with Gasteiger partial charge in [-0.05, 0) is 43.7 Å². The monoisotopic (exact) mass is 449 g/mol. The van der Waals surface area contributed by atoms with E-state index in [1.54, 1.807) is 29.2 Å². The molecular formula is C22H18Cl3NO3. The van der Waals surface area contributed by atoms with Crippen molar-refractivity contribution in [2.75, 3.05) is 4.90 Å². The first-order valence-electron chi connectivity index (χ1n) is 8.97. The van der Waals surface area contributed by atoms with Crippen LogP contribution in [0.2, 0.25) is 15.1 Å². The van der Waals surface area contributed by atoms with Gasteiger partial charge in [0, 0.05) is 33.3 Å². The van der Waals surface area contributed by atoms with Gasteiger partial charge >= 0.3 is 5.97 Å². The van der Waals surface area contributed by atoms with Gasteiger partial charge in [0.15, 0.2) is 0 Å². The highest BCUT2D eigenvalue weighted by Gasteiger charge is 2.27. The Morgan fingerprint density at radius 3 is 2.31 bits per heavy atom. The molecule has 0 bridgehead atoms. The summed E-state index contributed by atoms with van der Waals surface area (Å²) in [5.41, 5.74) is 0.927. The minimum atomic E-state index is -0.922. The van der Waals surface area contributed by atoms with Gasteiger partial charge in [0.2, 0.25) is 0 Å². The third-order valence-electron chi connectivity index (χ3n) is 4.70. The number of carbonyl (C=O) groups excluding carboxylic acids is 1. The number of amides is 1. The Hall–Kier alpha value is -2.27. The third-order valence-corrected chi connectivity index (χ3v) is 5.58. The van der Waals surface area contributed by atoms with E-state index in [0.717, 1.165) is 10.8 Å². The van der Waals surface area contributed by atoms with Gasteiger partial charge in [0.1, 0.15) is 0 Å². The maximum atomic E-state index is 13.5. The molecule has 150 valence electrons. The smallest absolute Gasteiger partial charge is 0.303 e. The fourth-order valence-corrected chi connectivity index (χ4v) is 3.97. The molecule has 0 fully saturated rings. The topological polar surface area (TPSA) is 57.6 Å². The van der Waals surface area contributed by atoms with Crippen molar-refractivity contribution in [2.45, 2.75) is 25.8 Å². The molecule has 0 aliphatic heterocycles. The first-order chi connectivity index (χ1) is 13.8. The number of aliphatic carboxylic acids is 1. The Balaban J connectivity index is 2.15. The Labute approximate surface area is 183 Å². The summed E-state index contributed by atoms with van der Waals surface area (Å²) in [5, 5.41) is 11.9. The summed E-state index contributed by atoms with van der Waals surface area (Å²) in [5.74, 6) is -1.26. The van der Waals surface area contributed by atoms with E-state index in [1.165, 1.54) is 6.07 Å². The van der Waals surface area contributed by atoms with Gasteiger partial charge in [0.05, 0.1) is 16.3 Å². The highest BCUT2D eigenvalue weighted by Crippen LogP contribution is 2.35. The molecule has 1 amide bonds. The minimum Gasteiger partial charge on any atom is -0.481 e. The molecule has 1 unspecified atom stereocenters. The lowest BCUT2D eigenvalue weighted by Gasteiger charge is -2.31. The minimum absolute atomic E-state index is 0.0647. The van der Waals surface area contributed by atoms with E-state index >= 15 is 0 Å². The summed E-state index contributed by atoms with van der Waals surface area (Å²) in [6.45, 7) is 1.81.